The summed E-state index contributed by atoms with van der Waals surface area (Å²) in [5, 5.41) is 11.3. The molecule has 0 radical (unpaired) electrons. The summed E-state index contributed by atoms with van der Waals surface area (Å²) >= 11 is 1.49. The van der Waals surface area contributed by atoms with Gasteiger partial charge in [-0.2, -0.15) is 5.10 Å². The van der Waals surface area contributed by atoms with Gasteiger partial charge < -0.3 is 10.1 Å². The largest absolute Gasteiger partial charge is 0.424 e. The van der Waals surface area contributed by atoms with Crippen LogP contribution in [0.25, 0.3) is 16.1 Å². The van der Waals surface area contributed by atoms with Crippen LogP contribution < -0.4 is 20.3 Å². The van der Waals surface area contributed by atoms with E-state index >= 15 is 0 Å². The topological polar surface area (TPSA) is 127 Å². The van der Waals surface area contributed by atoms with Crippen LogP contribution in [0.4, 0.5) is 21.4 Å². The Morgan fingerprint density at radius 1 is 0.978 bits per heavy atom. The summed E-state index contributed by atoms with van der Waals surface area (Å²) < 4.78 is 7.60. The number of thiazole rings is 1. The third-order valence-corrected chi connectivity index (χ3v) is 8.88. The average Bonchev–Trinajstić information content (AvgIpc) is 3.77. The van der Waals surface area contributed by atoms with Crippen LogP contribution in [0.3, 0.4) is 0 Å². The van der Waals surface area contributed by atoms with Crippen molar-refractivity contribution >= 4 is 39.9 Å². The van der Waals surface area contributed by atoms with Crippen LogP contribution in [0.2, 0.25) is 0 Å². The highest BCUT2D eigenvalue weighted by Gasteiger charge is 2.24. The number of hydrogen-bond donors (Lipinski definition) is 2. The average molecular weight is 637 g/mol. The molecule has 11 nitrogen and oxygen atoms in total. The van der Waals surface area contributed by atoms with Gasteiger partial charge in [-0.3, -0.25) is 15.0 Å². The van der Waals surface area contributed by atoms with E-state index in [1.807, 2.05) is 30.3 Å². The van der Waals surface area contributed by atoms with E-state index < -0.39 is 6.03 Å². The number of nitrogens with one attached hydrogen (secondary N) is 2. The van der Waals surface area contributed by atoms with Crippen molar-refractivity contribution in [1.82, 2.24) is 24.7 Å². The lowest BCUT2D eigenvalue weighted by Crippen LogP contribution is -2.23. The Balaban J connectivity index is 1.09. The second-order valence-corrected chi connectivity index (χ2v) is 12.9. The molecule has 0 bridgehead atoms. The van der Waals surface area contributed by atoms with E-state index in [4.69, 9.17) is 9.84 Å². The Kier molecular flexibility index (Phi) is 8.80. The van der Waals surface area contributed by atoms with Crippen LogP contribution in [0, 0.1) is 26.7 Å². The van der Waals surface area contributed by atoms with Gasteiger partial charge in [0.2, 0.25) is 5.91 Å². The van der Waals surface area contributed by atoms with E-state index in [-0.39, 0.29) is 11.9 Å². The SMILES string of the molecule is Cc1cc(-n2nc(CC(C)C)cc2NC(=O)Nc2cnc(Oc3ccc(-c4cnc(N5CCCC5=O)s4)cc3)nc2)cc(C)c1C. The Labute approximate surface area is 271 Å². The molecule has 3 amide bonds. The Bertz CT molecular complexity index is 1860. The van der Waals surface area contributed by atoms with Crippen molar-refractivity contribution in [3.05, 3.63) is 83.4 Å². The fourth-order valence-corrected chi connectivity index (χ4v) is 6.21. The predicted molar refractivity (Wildman–Crippen MR) is 180 cm³/mol. The molecular formula is C34H36N8O3S. The maximum Gasteiger partial charge on any atom is 0.324 e. The second kappa shape index (κ2) is 13.1. The van der Waals surface area contributed by atoms with Gasteiger partial charge in [-0.15, -0.1) is 0 Å². The highest BCUT2D eigenvalue weighted by atomic mass is 32.1. The van der Waals surface area contributed by atoms with Gasteiger partial charge in [-0.1, -0.05) is 25.2 Å². The van der Waals surface area contributed by atoms with Crippen LogP contribution in [0.15, 0.2) is 61.1 Å². The number of urea groups is 1. The number of amides is 3. The van der Waals surface area contributed by atoms with E-state index in [0.29, 0.717) is 29.6 Å². The van der Waals surface area contributed by atoms with E-state index in [9.17, 15) is 9.59 Å². The van der Waals surface area contributed by atoms with E-state index in [1.165, 1.54) is 29.3 Å². The summed E-state index contributed by atoms with van der Waals surface area (Å²) in [6, 6.07) is 13.3. The number of hydrogen-bond acceptors (Lipinski definition) is 8. The molecule has 2 aromatic carbocycles. The molecule has 3 aromatic heterocycles. The summed E-state index contributed by atoms with van der Waals surface area (Å²) in [6.45, 7) is 11.2. The number of aromatic nitrogens is 5. The first kappa shape index (κ1) is 30.9. The first-order valence-electron chi connectivity index (χ1n) is 15.2. The number of aryl methyl sites for hydroxylation is 2. The molecule has 5 aromatic rings. The zero-order chi connectivity index (χ0) is 32.4. The maximum atomic E-state index is 13.0. The third-order valence-electron chi connectivity index (χ3n) is 7.81. The number of rotatable bonds is 9. The maximum absolute atomic E-state index is 13.0. The van der Waals surface area contributed by atoms with Crippen molar-refractivity contribution in [2.75, 3.05) is 22.1 Å². The van der Waals surface area contributed by atoms with Crippen molar-refractivity contribution in [2.45, 2.75) is 53.9 Å². The van der Waals surface area contributed by atoms with Crippen molar-refractivity contribution in [2.24, 2.45) is 5.92 Å². The second-order valence-electron chi connectivity index (χ2n) is 11.9. The number of benzene rings is 2. The lowest BCUT2D eigenvalue weighted by molar-refractivity contribution is -0.117. The first-order chi connectivity index (χ1) is 22.1. The fourth-order valence-electron chi connectivity index (χ4n) is 5.25. The van der Waals surface area contributed by atoms with Crippen molar-refractivity contribution in [3.63, 3.8) is 0 Å². The van der Waals surface area contributed by atoms with Gasteiger partial charge in [0.05, 0.1) is 34.3 Å². The molecule has 236 valence electrons. The van der Waals surface area contributed by atoms with Gasteiger partial charge in [0.15, 0.2) is 5.13 Å². The minimum Gasteiger partial charge on any atom is -0.424 e. The van der Waals surface area contributed by atoms with Crippen molar-refractivity contribution < 1.29 is 14.3 Å². The fraction of sp³-hybridized carbons (Fsp3) is 0.294. The van der Waals surface area contributed by atoms with Crippen molar-refractivity contribution in [1.29, 1.82) is 0 Å². The molecule has 0 aliphatic carbocycles. The molecule has 12 heteroatoms. The number of nitrogens with zero attached hydrogens (tertiary/aromatic N) is 6. The van der Waals surface area contributed by atoms with Gasteiger partial charge in [0.25, 0.3) is 0 Å². The standard InChI is InChI=1S/C34H36N8O3S/c1-20(2)13-25-16-30(42(40-25)27-14-21(3)23(5)22(4)15-27)39-32(44)38-26-17-35-33(36-18-26)45-28-10-8-24(9-11-28)29-19-37-34(46-29)41-12-6-7-31(41)43/h8-11,14-20H,6-7,12-13H2,1-5H3,(H2,38,39,44). The summed E-state index contributed by atoms with van der Waals surface area (Å²) in [7, 11) is 0. The molecule has 4 heterocycles. The summed E-state index contributed by atoms with van der Waals surface area (Å²) in [4.78, 5) is 40.7. The molecule has 0 unspecified atom stereocenters. The Morgan fingerprint density at radius 2 is 1.70 bits per heavy atom. The Morgan fingerprint density at radius 3 is 2.35 bits per heavy atom. The minimum atomic E-state index is -0.439. The van der Waals surface area contributed by atoms with Crippen LogP contribution in [0.1, 0.15) is 49.1 Å². The summed E-state index contributed by atoms with van der Waals surface area (Å²) in [6.07, 6.45) is 7.00. The zero-order valence-electron chi connectivity index (χ0n) is 26.5. The molecule has 6 rings (SSSR count). The van der Waals surface area contributed by atoms with Gasteiger partial charge in [0.1, 0.15) is 11.6 Å². The molecule has 2 N–H and O–H groups in total. The lowest BCUT2D eigenvalue weighted by Gasteiger charge is -2.13. The molecule has 1 aliphatic heterocycles. The number of anilines is 3. The number of carbonyl (C=O) groups is 2. The van der Waals surface area contributed by atoms with E-state index in [0.717, 1.165) is 57.5 Å². The minimum absolute atomic E-state index is 0.123. The van der Waals surface area contributed by atoms with E-state index in [1.54, 1.807) is 15.8 Å². The molecule has 1 aliphatic rings. The quantitative estimate of drug-likeness (QED) is 0.172. The first-order valence-corrected chi connectivity index (χ1v) is 16.1. The predicted octanol–water partition coefficient (Wildman–Crippen LogP) is 7.47. The summed E-state index contributed by atoms with van der Waals surface area (Å²) in [5.41, 5.74) is 6.72. The smallest absolute Gasteiger partial charge is 0.324 e. The number of ether oxygens (including phenoxy) is 1. The Hall–Kier alpha value is -5.10. The van der Waals surface area contributed by atoms with Gasteiger partial charge >= 0.3 is 12.0 Å². The highest BCUT2D eigenvalue weighted by molar-refractivity contribution is 7.19. The van der Waals surface area contributed by atoms with Crippen LogP contribution in [0.5, 0.6) is 11.8 Å². The monoisotopic (exact) mass is 636 g/mol. The van der Waals surface area contributed by atoms with Crippen LogP contribution in [-0.2, 0) is 11.2 Å². The van der Waals surface area contributed by atoms with E-state index in [2.05, 4.69) is 72.3 Å². The molecule has 0 saturated carbocycles. The molecule has 0 atom stereocenters. The number of carbonyl (C=O) groups excluding carboxylic acids is 2. The van der Waals surface area contributed by atoms with Crippen LogP contribution in [-0.4, -0.2) is 43.2 Å². The van der Waals surface area contributed by atoms with Crippen LogP contribution >= 0.6 is 11.3 Å². The van der Waals surface area contributed by atoms with Crippen molar-refractivity contribution in [3.8, 4) is 27.9 Å². The van der Waals surface area contributed by atoms with Gasteiger partial charge in [-0.25, -0.2) is 24.4 Å². The molecule has 46 heavy (non-hydrogen) atoms. The lowest BCUT2D eigenvalue weighted by atomic mass is 10.0. The highest BCUT2D eigenvalue weighted by Crippen LogP contribution is 2.34. The van der Waals surface area contributed by atoms with Gasteiger partial charge in [0, 0.05) is 25.2 Å². The molecular weight excluding hydrogens is 600 g/mol. The molecule has 1 saturated heterocycles. The molecule has 1 fully saturated rings. The third kappa shape index (κ3) is 6.91. The normalized spacial score (nSPS) is 13.0. The zero-order valence-corrected chi connectivity index (χ0v) is 27.3. The summed E-state index contributed by atoms with van der Waals surface area (Å²) in [5.74, 6) is 1.67. The molecule has 0 spiro atoms. The van der Waals surface area contributed by atoms with Gasteiger partial charge in [-0.05, 0) is 98.2 Å².